The fraction of sp³-hybridized carbons (Fsp3) is 0.692. The van der Waals surface area contributed by atoms with Crippen LogP contribution >= 0.6 is 0 Å². The van der Waals surface area contributed by atoms with Crippen LogP contribution in [0.4, 0.5) is 0 Å². The highest BCUT2D eigenvalue weighted by Gasteiger charge is 2.45. The first-order valence-electron chi connectivity index (χ1n) is 20.1. The Morgan fingerprint density at radius 2 is 1.52 bits per heavy atom. The molecule has 0 radical (unpaired) electrons. The van der Waals surface area contributed by atoms with Gasteiger partial charge in [0, 0.05) is 74.7 Å². The van der Waals surface area contributed by atoms with Gasteiger partial charge in [-0.3, -0.25) is 14.4 Å². The normalized spacial score (nSPS) is 19.7. The van der Waals surface area contributed by atoms with Gasteiger partial charge in [-0.1, -0.05) is 32.3 Å². The highest BCUT2D eigenvalue weighted by molar-refractivity contribution is 7.87. The van der Waals surface area contributed by atoms with Crippen molar-refractivity contribution in [1.82, 2.24) is 8.96 Å². The number of unbranched alkanes of at least 4 members (excludes halogenated alkanes) is 1. The monoisotopic (exact) mass is 868 g/mol. The largest absolute Gasteiger partial charge is 0.463 e. The first-order chi connectivity index (χ1) is 29.0. The Balaban J connectivity index is 1.78. The minimum absolute atomic E-state index is 0.00583. The third-order valence-corrected chi connectivity index (χ3v) is 10.7. The first kappa shape index (κ1) is 50.0. The molecule has 1 aromatic carbocycles. The molecule has 1 saturated heterocycles. The molecule has 336 valence electrons. The van der Waals surface area contributed by atoms with E-state index in [1.807, 2.05) is 13.8 Å². The molecule has 3 rings (SSSR count). The van der Waals surface area contributed by atoms with Crippen LogP contribution in [0.25, 0.3) is 10.4 Å². The van der Waals surface area contributed by atoms with Crippen LogP contribution in [-0.2, 0) is 57.7 Å². The molecule has 1 aliphatic heterocycles. The second kappa shape index (κ2) is 28.2. The number of rotatable bonds is 31. The number of ether oxygens (including phenoxy) is 9. The average Bonchev–Trinajstić information content (AvgIpc) is 3.78. The SMILES string of the molecule is CCCCOCCOCCN=S(=O)(Oc1cc(C(=O)CCCOCCOCCOCCN=[N+]=[N-])ccc1O[C@H]1O[C@H](COC(C)=O)[C@H](OC(C)=O)[C@H](C)[C@H]1C)n1ccnc1. The van der Waals surface area contributed by atoms with E-state index in [0.717, 1.165) is 12.8 Å². The maximum atomic E-state index is 14.6. The van der Waals surface area contributed by atoms with Crippen molar-refractivity contribution < 1.29 is 65.4 Å². The summed E-state index contributed by atoms with van der Waals surface area (Å²) in [5.74, 6) is -1.96. The summed E-state index contributed by atoms with van der Waals surface area (Å²) in [6.45, 7) is 11.9. The minimum Gasteiger partial charge on any atom is -0.463 e. The number of imidazole rings is 1. The van der Waals surface area contributed by atoms with Gasteiger partial charge >= 0.3 is 22.1 Å². The quantitative estimate of drug-likeness (QED) is 0.0238. The summed E-state index contributed by atoms with van der Waals surface area (Å²) in [6, 6.07) is 4.52. The van der Waals surface area contributed by atoms with Crippen LogP contribution in [-0.4, -0.2) is 135 Å². The summed E-state index contributed by atoms with van der Waals surface area (Å²) in [7, 11) is -3.74. The molecule has 1 aliphatic rings. The number of azide groups is 1. The van der Waals surface area contributed by atoms with Crippen molar-refractivity contribution in [1.29, 1.82) is 0 Å². The maximum Gasteiger partial charge on any atom is 0.307 e. The Labute approximate surface area is 351 Å². The van der Waals surface area contributed by atoms with E-state index in [-0.39, 0.29) is 67.4 Å². The Morgan fingerprint density at radius 3 is 2.13 bits per heavy atom. The number of hydrogen-bond donors (Lipinski definition) is 0. The second-order valence-electron chi connectivity index (χ2n) is 13.6. The molecule has 21 heteroatoms. The molecule has 1 unspecified atom stereocenters. The fourth-order valence-corrected chi connectivity index (χ4v) is 6.99. The van der Waals surface area contributed by atoms with Crippen molar-refractivity contribution in [2.45, 2.75) is 78.8 Å². The second-order valence-corrected chi connectivity index (χ2v) is 15.4. The molecule has 0 spiro atoms. The van der Waals surface area contributed by atoms with Gasteiger partial charge in [0.2, 0.25) is 6.29 Å². The summed E-state index contributed by atoms with van der Waals surface area (Å²) in [6.07, 6.45) is 4.12. The lowest BCUT2D eigenvalue weighted by atomic mass is 9.84. The van der Waals surface area contributed by atoms with Gasteiger partial charge in [-0.25, -0.2) is 8.96 Å². The van der Waals surface area contributed by atoms with E-state index in [0.29, 0.717) is 65.9 Å². The van der Waals surface area contributed by atoms with Crippen LogP contribution in [0.2, 0.25) is 0 Å². The Hall–Kier alpha value is -4.34. The van der Waals surface area contributed by atoms with E-state index < -0.39 is 40.6 Å². The highest BCUT2D eigenvalue weighted by Crippen LogP contribution is 2.38. The highest BCUT2D eigenvalue weighted by atomic mass is 32.2. The molecule has 2 aromatic rings. The number of carbonyl (C=O) groups is 3. The number of benzene rings is 1. The topological polar surface area (TPSA) is 240 Å². The smallest absolute Gasteiger partial charge is 0.307 e. The summed E-state index contributed by atoms with van der Waals surface area (Å²) < 4.78 is 77.4. The first-order valence-corrected chi connectivity index (χ1v) is 21.5. The molecule has 20 nitrogen and oxygen atoms in total. The van der Waals surface area contributed by atoms with E-state index in [2.05, 4.69) is 26.3 Å². The lowest BCUT2D eigenvalue weighted by Gasteiger charge is -2.43. The number of nitrogens with zero attached hydrogens (tertiary/aromatic N) is 6. The predicted octanol–water partition coefficient (Wildman–Crippen LogP) is 5.14. The molecule has 0 saturated carbocycles. The van der Waals surface area contributed by atoms with E-state index in [1.165, 1.54) is 48.7 Å². The predicted molar refractivity (Wildman–Crippen MR) is 217 cm³/mol. The molecule has 0 aliphatic carbocycles. The molecule has 60 heavy (non-hydrogen) atoms. The van der Waals surface area contributed by atoms with Crippen LogP contribution in [0.1, 0.15) is 70.7 Å². The molecule has 0 amide bonds. The number of carbonyl (C=O) groups excluding carboxylic acids is 3. The van der Waals surface area contributed by atoms with Crippen molar-refractivity contribution in [3.05, 3.63) is 52.9 Å². The van der Waals surface area contributed by atoms with Crippen molar-refractivity contribution in [2.24, 2.45) is 21.3 Å². The number of hydrogen-bond acceptors (Lipinski definition) is 17. The number of esters is 2. The van der Waals surface area contributed by atoms with Gasteiger partial charge in [-0.15, -0.1) is 0 Å². The zero-order valence-electron chi connectivity index (χ0n) is 35.2. The van der Waals surface area contributed by atoms with Gasteiger partial charge < -0.3 is 46.8 Å². The maximum absolute atomic E-state index is 14.6. The van der Waals surface area contributed by atoms with Crippen molar-refractivity contribution in [3.63, 3.8) is 0 Å². The van der Waals surface area contributed by atoms with Gasteiger partial charge in [-0.2, -0.15) is 8.57 Å². The molecule has 1 fully saturated rings. The van der Waals surface area contributed by atoms with Crippen molar-refractivity contribution >= 4 is 27.9 Å². The summed E-state index contributed by atoms with van der Waals surface area (Å²) in [4.78, 5) is 43.9. The molecule has 0 N–H and O–H groups in total. The number of aromatic nitrogens is 2. The van der Waals surface area contributed by atoms with Gasteiger partial charge in [0.1, 0.15) is 25.1 Å². The molecule has 1 aromatic heterocycles. The van der Waals surface area contributed by atoms with Crippen LogP contribution in [0, 0.1) is 11.8 Å². The van der Waals surface area contributed by atoms with E-state index >= 15 is 0 Å². The zero-order chi connectivity index (χ0) is 43.6. The third kappa shape index (κ3) is 18.1. The lowest BCUT2D eigenvalue weighted by molar-refractivity contribution is -0.248. The van der Waals surface area contributed by atoms with Crippen LogP contribution in [0.5, 0.6) is 11.5 Å². The Bertz CT molecular complexity index is 1750. The molecular weight excluding hydrogens is 809 g/mol. The number of Topliss-reactive ketones (excluding diaryl/α,β-unsaturated/α-hetero) is 1. The Kier molecular flexibility index (Phi) is 23.5. The number of ketones is 1. The average molecular weight is 869 g/mol. The van der Waals surface area contributed by atoms with Crippen LogP contribution in [0.15, 0.2) is 46.4 Å². The van der Waals surface area contributed by atoms with Crippen molar-refractivity contribution in [3.8, 4) is 11.5 Å². The summed E-state index contributed by atoms with van der Waals surface area (Å²) >= 11 is 0. The summed E-state index contributed by atoms with van der Waals surface area (Å²) in [5, 5.41) is 3.39. The van der Waals surface area contributed by atoms with Crippen molar-refractivity contribution in [2.75, 3.05) is 85.8 Å². The Morgan fingerprint density at radius 1 is 0.867 bits per heavy atom. The zero-order valence-corrected chi connectivity index (χ0v) is 36.0. The molecular formula is C39H60N6O14S. The van der Waals surface area contributed by atoms with Gasteiger partial charge in [-0.05, 0) is 36.6 Å². The van der Waals surface area contributed by atoms with E-state index in [4.69, 9.17) is 52.3 Å². The van der Waals surface area contributed by atoms with E-state index in [1.54, 1.807) is 6.07 Å². The molecule has 0 bridgehead atoms. The molecule has 2 heterocycles. The molecule has 6 atom stereocenters. The van der Waals surface area contributed by atoms with Crippen LogP contribution in [0.3, 0.4) is 0 Å². The lowest BCUT2D eigenvalue weighted by Crippen LogP contribution is -2.54. The minimum atomic E-state index is -3.74. The van der Waals surface area contributed by atoms with Gasteiger partial charge in [0.25, 0.3) is 0 Å². The van der Waals surface area contributed by atoms with Crippen LogP contribution < -0.4 is 8.92 Å². The van der Waals surface area contributed by atoms with Gasteiger partial charge in [0.15, 0.2) is 17.3 Å². The summed E-state index contributed by atoms with van der Waals surface area (Å²) in [5.41, 5.74) is 8.53. The van der Waals surface area contributed by atoms with Gasteiger partial charge in [0.05, 0.1) is 59.4 Å². The standard InChI is InChI=1S/C39H60N6O14S/c1-6-7-16-50-20-22-53-19-14-43-60(49,45-15-12-41-28-45)59-36-26-33(34(48)9-8-17-51-21-24-54-25-23-52-18-13-42-44-40)10-11-35(36)57-39-30(3)29(2)38(56-32(5)47)37(58-39)27-55-31(4)46/h10-12,15,26,28-30,37-39H,6-9,13-14,16-25,27H2,1-5H3/t29-,30-,37-,38-,39+,60?/m1/s1. The fourth-order valence-electron chi connectivity index (χ4n) is 5.66. The third-order valence-electron chi connectivity index (χ3n) is 9.00. The van der Waals surface area contributed by atoms with E-state index in [9.17, 15) is 18.6 Å².